The molecule has 0 bridgehead atoms. The minimum atomic E-state index is -0.401. The first kappa shape index (κ1) is 35.3. The maximum Gasteiger partial charge on any atom is 0.248 e. The second-order valence-corrected chi connectivity index (χ2v) is 20.4. The lowest BCUT2D eigenvalue weighted by Gasteiger charge is -2.49. The first-order chi connectivity index (χ1) is 31.2. The van der Waals surface area contributed by atoms with E-state index in [0.717, 1.165) is 0 Å². The first-order valence-electron chi connectivity index (χ1n) is 23.1. The van der Waals surface area contributed by atoms with E-state index in [1.165, 1.54) is 139 Å². The lowest BCUT2D eigenvalue weighted by atomic mass is 9.36. The number of anilines is 3. The van der Waals surface area contributed by atoms with E-state index in [0.29, 0.717) is 0 Å². The van der Waals surface area contributed by atoms with Gasteiger partial charge in [-0.05, 0) is 136 Å². The molecule has 0 N–H and O–H groups in total. The second-order valence-electron chi connectivity index (χ2n) is 20.4. The molecule has 9 aromatic rings. The van der Waals surface area contributed by atoms with E-state index >= 15 is 0 Å². The van der Waals surface area contributed by atoms with Crippen LogP contribution in [-0.4, -0.2) is 6.71 Å². The maximum absolute atomic E-state index is 2.80. The summed E-state index contributed by atoms with van der Waals surface area (Å²) in [5.41, 5.74) is 33.7. The lowest BCUT2D eigenvalue weighted by molar-refractivity contribution is 0.659. The van der Waals surface area contributed by atoms with Crippen molar-refractivity contribution in [2.75, 3.05) is 4.90 Å². The smallest absolute Gasteiger partial charge is 0.248 e. The topological polar surface area (TPSA) is 3.24 Å². The van der Waals surface area contributed by atoms with Crippen LogP contribution in [0, 0.1) is 0 Å². The average Bonchev–Trinajstić information content (AvgIpc) is 3.97. The van der Waals surface area contributed by atoms with E-state index in [1.807, 2.05) is 0 Å². The van der Waals surface area contributed by atoms with Crippen molar-refractivity contribution >= 4 is 40.2 Å². The SMILES string of the molecule is CC1(C)c2ccccc2-c2ccc3c(c21)-c1cc(-c2ccc(-c4ccccc4)cc2)c2c4c1B3c1ccc3c(c1N4c1cccc4c1C2(C)c1ccccc1-4)C(C)(C)c1ccccc1-3. The van der Waals surface area contributed by atoms with Gasteiger partial charge in [0, 0.05) is 27.6 Å². The van der Waals surface area contributed by atoms with E-state index < -0.39 is 5.41 Å². The van der Waals surface area contributed by atoms with Gasteiger partial charge in [0.25, 0.3) is 0 Å². The van der Waals surface area contributed by atoms with Crippen LogP contribution in [-0.2, 0) is 16.2 Å². The van der Waals surface area contributed by atoms with Crippen molar-refractivity contribution in [3.8, 4) is 66.8 Å². The van der Waals surface area contributed by atoms with Crippen LogP contribution in [0.3, 0.4) is 0 Å². The van der Waals surface area contributed by atoms with Crippen LogP contribution in [0.4, 0.5) is 17.1 Å². The van der Waals surface area contributed by atoms with Crippen LogP contribution >= 0.6 is 0 Å². The number of fused-ring (bicyclic) bond motifs is 19. The van der Waals surface area contributed by atoms with E-state index in [1.54, 1.807) is 0 Å². The Kier molecular flexibility index (Phi) is 6.35. The Hall–Kier alpha value is -7.16. The minimum Gasteiger partial charge on any atom is -0.310 e. The Morgan fingerprint density at radius 1 is 0.359 bits per heavy atom. The van der Waals surface area contributed by atoms with Gasteiger partial charge in [-0.2, -0.15) is 0 Å². The summed E-state index contributed by atoms with van der Waals surface area (Å²) in [5, 5.41) is 0. The number of nitrogens with zero attached hydrogens (tertiary/aromatic N) is 1. The highest BCUT2D eigenvalue weighted by Gasteiger charge is 2.57. The molecule has 15 rings (SSSR count). The number of hydrogen-bond acceptors (Lipinski definition) is 1. The minimum absolute atomic E-state index is 0.0825. The molecule has 0 aromatic heterocycles. The summed E-state index contributed by atoms with van der Waals surface area (Å²) in [4.78, 5) is 2.80. The fourth-order valence-corrected chi connectivity index (χ4v) is 14.2. The molecule has 9 aromatic carbocycles. The molecule has 3 aliphatic carbocycles. The number of benzene rings is 9. The van der Waals surface area contributed by atoms with E-state index in [4.69, 9.17) is 0 Å². The monoisotopic (exact) mass is 813 g/mol. The van der Waals surface area contributed by atoms with Gasteiger partial charge in [-0.1, -0.05) is 197 Å². The molecular weight excluding hydrogens is 770 g/mol. The van der Waals surface area contributed by atoms with Crippen molar-refractivity contribution in [2.45, 2.75) is 50.9 Å². The molecule has 0 fully saturated rings. The highest BCUT2D eigenvalue weighted by Crippen LogP contribution is 2.67. The van der Waals surface area contributed by atoms with Crippen molar-refractivity contribution in [2.24, 2.45) is 0 Å². The molecule has 0 spiro atoms. The van der Waals surface area contributed by atoms with Crippen LogP contribution in [0.15, 0.2) is 176 Å². The number of hydrogen-bond donors (Lipinski definition) is 0. The van der Waals surface area contributed by atoms with E-state index in [-0.39, 0.29) is 17.5 Å². The van der Waals surface area contributed by atoms with Crippen LogP contribution in [0.5, 0.6) is 0 Å². The third kappa shape index (κ3) is 3.90. The third-order valence-electron chi connectivity index (χ3n) is 16.8. The van der Waals surface area contributed by atoms with Gasteiger partial charge >= 0.3 is 0 Å². The molecule has 1 nitrogen and oxygen atoms in total. The molecule has 1 atom stereocenters. The average molecular weight is 814 g/mol. The summed E-state index contributed by atoms with van der Waals surface area (Å²) in [7, 11) is 0. The standard InChI is InChI=1S/C62H44BN/c1-60(2)46-22-12-9-18-38(46)42-30-32-49-52(54(42)60)45-34-44(37-28-26-36(27-29-37)35-16-7-6-8-17-35)56-59-57(45)63(49)50-33-31-43-39-19-10-13-23-47(39)61(3,4)55(43)58(50)64(59)51-25-15-21-41-40-20-11-14-24-48(40)62(56,5)53(41)51/h6-34H,1-5H3. The van der Waals surface area contributed by atoms with Crippen LogP contribution < -0.4 is 21.3 Å². The van der Waals surface area contributed by atoms with Gasteiger partial charge in [0.1, 0.15) is 0 Å². The lowest BCUT2D eigenvalue weighted by Crippen LogP contribution is -2.57. The predicted octanol–water partition coefficient (Wildman–Crippen LogP) is 13.6. The largest absolute Gasteiger partial charge is 0.310 e. The Bertz CT molecular complexity index is 3630. The van der Waals surface area contributed by atoms with Gasteiger partial charge in [-0.15, -0.1) is 0 Å². The Morgan fingerprint density at radius 3 is 1.59 bits per heavy atom. The normalized spacial score (nSPS) is 18.0. The summed E-state index contributed by atoms with van der Waals surface area (Å²) in [6.07, 6.45) is 0. The van der Waals surface area contributed by atoms with Crippen molar-refractivity contribution in [3.63, 3.8) is 0 Å². The molecule has 0 amide bonds. The van der Waals surface area contributed by atoms with Crippen LogP contribution in [0.25, 0.3) is 66.8 Å². The van der Waals surface area contributed by atoms with Crippen molar-refractivity contribution < 1.29 is 0 Å². The van der Waals surface area contributed by atoms with Crippen LogP contribution in [0.1, 0.15) is 73.6 Å². The molecule has 0 saturated heterocycles. The first-order valence-corrected chi connectivity index (χ1v) is 23.1. The van der Waals surface area contributed by atoms with Gasteiger partial charge in [0.15, 0.2) is 0 Å². The fraction of sp³-hybridized carbons (Fsp3) is 0.129. The van der Waals surface area contributed by atoms with Crippen molar-refractivity contribution in [1.29, 1.82) is 0 Å². The Labute approximate surface area is 375 Å². The zero-order chi connectivity index (χ0) is 42.6. The third-order valence-corrected chi connectivity index (χ3v) is 16.8. The summed E-state index contributed by atoms with van der Waals surface area (Å²) in [6.45, 7) is 12.5. The summed E-state index contributed by atoms with van der Waals surface area (Å²) >= 11 is 0. The van der Waals surface area contributed by atoms with E-state index in [9.17, 15) is 0 Å². The summed E-state index contributed by atoms with van der Waals surface area (Å²) < 4.78 is 0. The molecule has 300 valence electrons. The van der Waals surface area contributed by atoms with E-state index in [2.05, 4.69) is 215 Å². The highest BCUT2D eigenvalue weighted by atomic mass is 15.2. The van der Waals surface area contributed by atoms with Gasteiger partial charge in [-0.3, -0.25) is 0 Å². The summed E-state index contributed by atoms with van der Waals surface area (Å²) in [5.74, 6) is 0. The predicted molar refractivity (Wildman–Crippen MR) is 268 cm³/mol. The molecule has 0 radical (unpaired) electrons. The molecule has 6 aliphatic rings. The maximum atomic E-state index is 2.80. The Morgan fingerprint density at radius 2 is 0.891 bits per heavy atom. The molecular formula is C62H44BN. The molecule has 2 heteroatoms. The molecule has 1 unspecified atom stereocenters. The van der Waals surface area contributed by atoms with Crippen molar-refractivity contribution in [3.05, 3.63) is 215 Å². The van der Waals surface area contributed by atoms with Crippen LogP contribution in [0.2, 0.25) is 0 Å². The number of rotatable bonds is 2. The summed E-state index contributed by atoms with van der Waals surface area (Å²) in [6, 6.07) is 67.7. The fourth-order valence-electron chi connectivity index (χ4n) is 14.2. The molecule has 3 heterocycles. The zero-order valence-electron chi connectivity index (χ0n) is 36.8. The zero-order valence-corrected chi connectivity index (χ0v) is 36.8. The second kappa shape index (κ2) is 11.5. The van der Waals surface area contributed by atoms with Gasteiger partial charge < -0.3 is 4.90 Å². The van der Waals surface area contributed by atoms with Gasteiger partial charge in [0.2, 0.25) is 6.71 Å². The van der Waals surface area contributed by atoms with Crippen molar-refractivity contribution in [1.82, 2.24) is 0 Å². The van der Waals surface area contributed by atoms with Gasteiger partial charge in [0.05, 0.1) is 5.69 Å². The molecule has 3 aliphatic heterocycles. The van der Waals surface area contributed by atoms with Gasteiger partial charge in [-0.25, -0.2) is 0 Å². The quantitative estimate of drug-likeness (QED) is 0.157. The molecule has 0 saturated carbocycles. The Balaban J connectivity index is 1.13. The highest BCUT2D eigenvalue weighted by molar-refractivity contribution is 7.01. The molecule has 64 heavy (non-hydrogen) atoms.